The first-order valence-electron chi connectivity index (χ1n) is 6.01. The van der Waals surface area contributed by atoms with Crippen LogP contribution in [0.15, 0.2) is 30.3 Å². The molecule has 2 rings (SSSR count). The van der Waals surface area contributed by atoms with Crippen LogP contribution in [0.25, 0.3) is 0 Å². The van der Waals surface area contributed by atoms with Gasteiger partial charge in [-0.15, -0.1) is 0 Å². The molecule has 2 aromatic carbocycles. The van der Waals surface area contributed by atoms with E-state index < -0.39 is 23.5 Å². The lowest BCUT2D eigenvalue weighted by Crippen LogP contribution is -2.20. The fourth-order valence-electron chi connectivity index (χ4n) is 2.12. The van der Waals surface area contributed by atoms with Gasteiger partial charge in [-0.1, -0.05) is 29.3 Å². The molecular weight excluding hydrogens is 287 g/mol. The summed E-state index contributed by atoms with van der Waals surface area (Å²) in [5.41, 5.74) is 1.48. The Bertz CT molecular complexity index is 643. The number of rotatable bonds is 3. The number of nitrogens with one attached hydrogen (secondary N) is 1. The molecule has 1 atom stereocenters. The Morgan fingerprint density at radius 1 is 0.950 bits per heavy atom. The molecule has 0 aromatic heterocycles. The molecule has 0 radical (unpaired) electrons. The second-order valence-electron chi connectivity index (χ2n) is 4.53. The van der Waals surface area contributed by atoms with Gasteiger partial charge in [-0.05, 0) is 37.7 Å². The molecule has 20 heavy (non-hydrogen) atoms. The van der Waals surface area contributed by atoms with E-state index >= 15 is 0 Å². The highest BCUT2D eigenvalue weighted by Crippen LogP contribution is 2.31. The van der Waals surface area contributed by atoms with Crippen molar-refractivity contribution in [3.05, 3.63) is 69.5 Å². The molecule has 1 nitrogen and oxygen atoms in total. The Kier molecular flexibility index (Phi) is 4.35. The summed E-state index contributed by atoms with van der Waals surface area (Å²) in [5, 5.41) is 2.92. The van der Waals surface area contributed by atoms with Crippen LogP contribution >= 0.6 is 11.6 Å². The maximum absolute atomic E-state index is 14.0. The molecule has 0 heterocycles. The van der Waals surface area contributed by atoms with Crippen LogP contribution < -0.4 is 5.32 Å². The van der Waals surface area contributed by atoms with Crippen molar-refractivity contribution in [1.29, 1.82) is 0 Å². The first kappa shape index (κ1) is 14.9. The lowest BCUT2D eigenvalue weighted by Gasteiger charge is -2.20. The fraction of sp³-hybridized carbons (Fsp3) is 0.200. The second-order valence-corrected chi connectivity index (χ2v) is 4.94. The molecule has 0 amide bonds. The van der Waals surface area contributed by atoms with Crippen LogP contribution in [0.3, 0.4) is 0 Å². The quantitative estimate of drug-likeness (QED) is 0.830. The van der Waals surface area contributed by atoms with Gasteiger partial charge in [0.05, 0.1) is 6.04 Å². The SMILES string of the molecule is CNC(c1cc(C)ccc1F)c1cc(F)c(F)cc1Cl. The van der Waals surface area contributed by atoms with Gasteiger partial charge in [0.2, 0.25) is 0 Å². The van der Waals surface area contributed by atoms with Crippen molar-refractivity contribution in [2.45, 2.75) is 13.0 Å². The second kappa shape index (κ2) is 5.85. The van der Waals surface area contributed by atoms with E-state index in [0.29, 0.717) is 5.56 Å². The summed E-state index contributed by atoms with van der Waals surface area (Å²) in [6.07, 6.45) is 0. The van der Waals surface area contributed by atoms with Crippen LogP contribution in [-0.4, -0.2) is 7.05 Å². The Morgan fingerprint density at radius 3 is 2.25 bits per heavy atom. The molecule has 2 aromatic rings. The van der Waals surface area contributed by atoms with Gasteiger partial charge in [0.1, 0.15) is 5.82 Å². The van der Waals surface area contributed by atoms with Gasteiger partial charge in [0.15, 0.2) is 11.6 Å². The molecule has 1 N–H and O–H groups in total. The van der Waals surface area contributed by atoms with Crippen molar-refractivity contribution in [2.24, 2.45) is 0 Å². The van der Waals surface area contributed by atoms with Gasteiger partial charge < -0.3 is 5.32 Å². The number of aryl methyl sites for hydroxylation is 1. The molecule has 1 unspecified atom stereocenters. The van der Waals surface area contributed by atoms with Crippen molar-refractivity contribution in [3.63, 3.8) is 0 Å². The zero-order valence-electron chi connectivity index (χ0n) is 11.0. The highest BCUT2D eigenvalue weighted by Gasteiger charge is 2.21. The minimum absolute atomic E-state index is 0.0455. The maximum Gasteiger partial charge on any atom is 0.160 e. The molecular formula is C15H13ClF3N. The lowest BCUT2D eigenvalue weighted by atomic mass is 9.96. The highest BCUT2D eigenvalue weighted by molar-refractivity contribution is 6.31. The Morgan fingerprint density at radius 2 is 1.60 bits per heavy atom. The van der Waals surface area contributed by atoms with Crippen LogP contribution in [0.1, 0.15) is 22.7 Å². The third kappa shape index (κ3) is 2.81. The number of halogens is 4. The largest absolute Gasteiger partial charge is 0.309 e. The monoisotopic (exact) mass is 299 g/mol. The molecule has 0 aliphatic carbocycles. The van der Waals surface area contributed by atoms with Gasteiger partial charge in [0.25, 0.3) is 0 Å². The Labute approximate surface area is 120 Å². The zero-order valence-corrected chi connectivity index (χ0v) is 11.7. The molecule has 0 saturated carbocycles. The van der Waals surface area contributed by atoms with Crippen molar-refractivity contribution >= 4 is 11.6 Å². The van der Waals surface area contributed by atoms with Crippen molar-refractivity contribution in [3.8, 4) is 0 Å². The van der Waals surface area contributed by atoms with Gasteiger partial charge >= 0.3 is 0 Å². The first-order valence-corrected chi connectivity index (χ1v) is 6.39. The smallest absolute Gasteiger partial charge is 0.160 e. The van der Waals surface area contributed by atoms with Crippen molar-refractivity contribution < 1.29 is 13.2 Å². The van der Waals surface area contributed by atoms with Crippen molar-refractivity contribution in [1.82, 2.24) is 5.32 Å². The number of hydrogen-bond donors (Lipinski definition) is 1. The van der Waals surface area contributed by atoms with E-state index in [1.165, 1.54) is 6.07 Å². The Hall–Kier alpha value is -1.52. The highest BCUT2D eigenvalue weighted by atomic mass is 35.5. The van der Waals surface area contributed by atoms with E-state index in [2.05, 4.69) is 5.32 Å². The average molecular weight is 300 g/mol. The summed E-state index contributed by atoms with van der Waals surface area (Å²) in [6.45, 7) is 1.82. The third-order valence-electron chi connectivity index (χ3n) is 3.10. The molecule has 0 bridgehead atoms. The topological polar surface area (TPSA) is 12.0 Å². The van der Waals surface area contributed by atoms with E-state index in [4.69, 9.17) is 11.6 Å². The normalized spacial score (nSPS) is 12.5. The minimum atomic E-state index is -1.03. The summed E-state index contributed by atoms with van der Waals surface area (Å²) in [4.78, 5) is 0. The average Bonchev–Trinajstić information content (AvgIpc) is 2.40. The van der Waals surface area contributed by atoms with Crippen molar-refractivity contribution in [2.75, 3.05) is 7.05 Å². The third-order valence-corrected chi connectivity index (χ3v) is 3.43. The summed E-state index contributed by atoms with van der Waals surface area (Å²) < 4.78 is 40.5. The van der Waals surface area contributed by atoms with Gasteiger partial charge in [0, 0.05) is 10.6 Å². The zero-order chi connectivity index (χ0) is 14.9. The van der Waals surface area contributed by atoms with Crippen LogP contribution in [-0.2, 0) is 0 Å². The molecule has 5 heteroatoms. The lowest BCUT2D eigenvalue weighted by molar-refractivity contribution is 0.503. The molecule has 0 fully saturated rings. The van der Waals surface area contributed by atoms with Gasteiger partial charge in [-0.2, -0.15) is 0 Å². The Balaban J connectivity index is 2.58. The van der Waals surface area contributed by atoms with E-state index in [9.17, 15) is 13.2 Å². The summed E-state index contributed by atoms with van der Waals surface area (Å²) >= 11 is 5.95. The summed E-state index contributed by atoms with van der Waals surface area (Å²) in [6, 6.07) is 5.85. The molecule has 0 aliphatic heterocycles. The number of benzene rings is 2. The molecule has 106 valence electrons. The molecule has 0 aliphatic rings. The van der Waals surface area contributed by atoms with Gasteiger partial charge in [-0.3, -0.25) is 0 Å². The predicted molar refractivity (Wildman–Crippen MR) is 73.4 cm³/mol. The van der Waals surface area contributed by atoms with Crippen LogP contribution in [0, 0.1) is 24.4 Å². The van der Waals surface area contributed by atoms with E-state index in [1.807, 2.05) is 6.92 Å². The minimum Gasteiger partial charge on any atom is -0.309 e. The van der Waals surface area contributed by atoms with Crippen LogP contribution in [0.4, 0.5) is 13.2 Å². The molecule has 0 spiro atoms. The fourth-order valence-corrected chi connectivity index (χ4v) is 2.38. The summed E-state index contributed by atoms with van der Waals surface area (Å²) in [7, 11) is 1.60. The van der Waals surface area contributed by atoms with E-state index in [1.54, 1.807) is 19.2 Å². The maximum atomic E-state index is 14.0. The van der Waals surface area contributed by atoms with E-state index in [0.717, 1.165) is 17.7 Å². The predicted octanol–water partition coefficient (Wildman–Crippen LogP) is 4.37. The summed E-state index contributed by atoms with van der Waals surface area (Å²) in [5.74, 6) is -2.48. The standard InChI is InChI=1S/C15H13ClF3N/c1-8-3-4-12(17)10(5-8)15(20-2)9-6-13(18)14(19)7-11(9)16/h3-7,15,20H,1-2H3. The van der Waals surface area contributed by atoms with Gasteiger partial charge in [-0.25, -0.2) is 13.2 Å². The number of hydrogen-bond acceptors (Lipinski definition) is 1. The first-order chi connectivity index (χ1) is 9.43. The van der Waals surface area contributed by atoms with Crippen LogP contribution in [0.2, 0.25) is 5.02 Å². The molecule has 0 saturated heterocycles. The van der Waals surface area contributed by atoms with E-state index in [-0.39, 0.29) is 10.6 Å². The van der Waals surface area contributed by atoms with Crippen LogP contribution in [0.5, 0.6) is 0 Å².